The van der Waals surface area contributed by atoms with Crippen molar-refractivity contribution in [3.8, 4) is 0 Å². The highest BCUT2D eigenvalue weighted by atomic mass is 16.5. The summed E-state index contributed by atoms with van der Waals surface area (Å²) in [5.41, 5.74) is 2.64. The molecule has 0 bridgehead atoms. The Hall–Kier alpha value is -1.19. The van der Waals surface area contributed by atoms with Gasteiger partial charge in [0.25, 0.3) is 0 Å². The number of hydrazine groups is 2. The van der Waals surface area contributed by atoms with Gasteiger partial charge in [0.15, 0.2) is 0 Å². The zero-order chi connectivity index (χ0) is 8.81. The molecule has 1 N–H and O–H groups in total. The van der Waals surface area contributed by atoms with Gasteiger partial charge in [0, 0.05) is 18.8 Å². The molecule has 12 heavy (non-hydrogen) atoms. The summed E-state index contributed by atoms with van der Waals surface area (Å²) in [4.78, 5) is 0.700. The van der Waals surface area contributed by atoms with Crippen LogP contribution >= 0.6 is 0 Å². The monoisotopic (exact) mass is 169 g/mol. The molecular weight excluding hydrogens is 154 g/mol. The van der Waals surface area contributed by atoms with Crippen molar-refractivity contribution in [2.24, 2.45) is 0 Å². The highest BCUT2D eigenvalue weighted by Gasteiger charge is 2.04. The molecule has 0 aliphatic carbocycles. The Kier molecular flexibility index (Phi) is 3.44. The number of nitrogens with zero attached hydrogens (tertiary/aromatic N) is 2. The molecule has 1 aliphatic rings. The van der Waals surface area contributed by atoms with E-state index in [1.165, 1.54) is 19.1 Å². The number of hydrogen-bond donors (Lipinski definition) is 1. The first-order valence-corrected chi connectivity index (χ1v) is 4.34. The number of allylic oxidation sites excluding steroid dienone is 1. The Morgan fingerprint density at radius 3 is 3.00 bits per heavy atom. The maximum atomic E-state index is 10.8. The molecule has 1 aliphatic heterocycles. The van der Waals surface area contributed by atoms with E-state index in [1.54, 1.807) is 11.1 Å². The van der Waals surface area contributed by atoms with Crippen molar-refractivity contribution in [3.63, 3.8) is 0 Å². The summed E-state index contributed by atoms with van der Waals surface area (Å²) in [5.74, 6) is 0. The van der Waals surface area contributed by atoms with Crippen molar-refractivity contribution in [2.45, 2.75) is 26.2 Å². The molecule has 0 spiro atoms. The van der Waals surface area contributed by atoms with Crippen molar-refractivity contribution in [3.05, 3.63) is 17.5 Å². The van der Waals surface area contributed by atoms with E-state index >= 15 is 0 Å². The standard InChI is InChI=1S/C8H15N3O/c1-2-3-4-6-10-7-5-8-11(12)9-10/h5,7-9H,2-4,6H2,1H3. The molecule has 0 aromatic carbocycles. The summed E-state index contributed by atoms with van der Waals surface area (Å²) in [6.45, 7) is 3.05. The lowest BCUT2D eigenvalue weighted by Gasteiger charge is -2.21. The lowest BCUT2D eigenvalue weighted by molar-refractivity contribution is -0.552. The van der Waals surface area contributed by atoms with E-state index in [1.807, 2.05) is 6.20 Å². The van der Waals surface area contributed by atoms with Crippen LogP contribution in [0.2, 0.25) is 0 Å². The molecule has 0 radical (unpaired) electrons. The number of hydrazone groups is 1. The summed E-state index contributed by atoms with van der Waals surface area (Å²) < 4.78 is 0. The average molecular weight is 169 g/mol. The van der Waals surface area contributed by atoms with Crippen molar-refractivity contribution >= 4 is 6.21 Å². The third-order valence-corrected chi connectivity index (χ3v) is 1.72. The molecule has 0 atom stereocenters. The summed E-state index contributed by atoms with van der Waals surface area (Å²) in [5, 5.41) is 12.6. The van der Waals surface area contributed by atoms with Gasteiger partial charge >= 0.3 is 0 Å². The van der Waals surface area contributed by atoms with Crippen molar-refractivity contribution in [1.82, 2.24) is 10.5 Å². The first kappa shape index (κ1) is 8.90. The smallest absolute Gasteiger partial charge is 0.210 e. The SMILES string of the molecule is CCCCCN1C=CC=[N+]([O-])N1. The van der Waals surface area contributed by atoms with Gasteiger partial charge in [-0.25, -0.2) is 5.01 Å². The summed E-state index contributed by atoms with van der Waals surface area (Å²) >= 11 is 0. The van der Waals surface area contributed by atoms with E-state index in [0.717, 1.165) is 13.0 Å². The molecule has 0 amide bonds. The molecule has 1 rings (SSSR count). The molecule has 4 heteroatoms. The fraction of sp³-hybridized carbons (Fsp3) is 0.625. The number of nitrogens with one attached hydrogen (secondary N) is 1. The van der Waals surface area contributed by atoms with E-state index in [2.05, 4.69) is 12.5 Å². The van der Waals surface area contributed by atoms with Crippen LogP contribution in [0, 0.1) is 5.21 Å². The van der Waals surface area contributed by atoms with Crippen molar-refractivity contribution in [1.29, 1.82) is 0 Å². The van der Waals surface area contributed by atoms with E-state index in [9.17, 15) is 5.21 Å². The summed E-state index contributed by atoms with van der Waals surface area (Å²) in [6, 6.07) is 0. The van der Waals surface area contributed by atoms with Gasteiger partial charge in [0.2, 0.25) is 6.21 Å². The van der Waals surface area contributed by atoms with Crippen LogP contribution in [0.15, 0.2) is 12.3 Å². The van der Waals surface area contributed by atoms with Gasteiger partial charge in [-0.3, -0.25) is 0 Å². The minimum absolute atomic E-state index is 0.700. The van der Waals surface area contributed by atoms with Gasteiger partial charge < -0.3 is 5.21 Å². The van der Waals surface area contributed by atoms with Crippen molar-refractivity contribution < 1.29 is 4.85 Å². The first-order valence-electron chi connectivity index (χ1n) is 4.34. The number of rotatable bonds is 4. The molecule has 1 heterocycles. The van der Waals surface area contributed by atoms with Crippen LogP contribution in [0.1, 0.15) is 26.2 Å². The third-order valence-electron chi connectivity index (χ3n) is 1.72. The lowest BCUT2D eigenvalue weighted by atomic mass is 10.2. The Morgan fingerprint density at radius 1 is 1.50 bits per heavy atom. The second-order valence-corrected chi connectivity index (χ2v) is 2.82. The molecule has 0 unspecified atom stereocenters. The predicted molar refractivity (Wildman–Crippen MR) is 48.2 cm³/mol. The van der Waals surface area contributed by atoms with Crippen LogP contribution in [0.3, 0.4) is 0 Å². The van der Waals surface area contributed by atoms with Gasteiger partial charge in [-0.05, 0) is 6.42 Å². The topological polar surface area (TPSA) is 41.3 Å². The van der Waals surface area contributed by atoms with Crippen LogP contribution in [-0.4, -0.2) is 22.6 Å². The Labute approximate surface area is 72.7 Å². The fourth-order valence-electron chi connectivity index (χ4n) is 1.07. The number of hydrogen-bond acceptors (Lipinski definition) is 3. The zero-order valence-corrected chi connectivity index (χ0v) is 7.36. The highest BCUT2D eigenvalue weighted by Crippen LogP contribution is 1.97. The predicted octanol–water partition coefficient (Wildman–Crippen LogP) is 1.01. The Bertz CT molecular complexity index is 189. The van der Waals surface area contributed by atoms with Gasteiger partial charge in [0.05, 0.1) is 0 Å². The van der Waals surface area contributed by atoms with E-state index in [-0.39, 0.29) is 0 Å². The van der Waals surface area contributed by atoms with E-state index < -0.39 is 0 Å². The van der Waals surface area contributed by atoms with Crippen LogP contribution in [0.5, 0.6) is 0 Å². The largest absolute Gasteiger partial charge is 0.595 e. The van der Waals surface area contributed by atoms with Crippen LogP contribution in [-0.2, 0) is 0 Å². The lowest BCUT2D eigenvalue weighted by Crippen LogP contribution is -2.42. The molecule has 0 saturated carbocycles. The van der Waals surface area contributed by atoms with Crippen LogP contribution in [0.25, 0.3) is 0 Å². The maximum Gasteiger partial charge on any atom is 0.210 e. The molecule has 68 valence electrons. The Balaban J connectivity index is 2.18. The first-order chi connectivity index (χ1) is 5.83. The second kappa shape index (κ2) is 4.64. The molecule has 0 fully saturated rings. The zero-order valence-electron chi connectivity index (χ0n) is 7.36. The minimum Gasteiger partial charge on any atom is -0.595 e. The molecular formula is C8H15N3O. The number of unbranched alkanes of at least 4 members (excludes halogenated alkanes) is 2. The molecule has 4 nitrogen and oxygen atoms in total. The van der Waals surface area contributed by atoms with Crippen molar-refractivity contribution in [2.75, 3.05) is 6.54 Å². The normalized spacial score (nSPS) is 15.8. The van der Waals surface area contributed by atoms with E-state index in [0.29, 0.717) is 4.85 Å². The second-order valence-electron chi connectivity index (χ2n) is 2.82. The average Bonchev–Trinajstić information content (AvgIpc) is 2.05. The van der Waals surface area contributed by atoms with Gasteiger partial charge in [-0.15, -0.1) is 0 Å². The van der Waals surface area contributed by atoms with Gasteiger partial charge in [0.1, 0.15) is 0 Å². The van der Waals surface area contributed by atoms with Gasteiger partial charge in [-0.1, -0.05) is 30.1 Å². The summed E-state index contributed by atoms with van der Waals surface area (Å²) in [6.07, 6.45) is 8.55. The molecule has 0 aromatic rings. The quantitative estimate of drug-likeness (QED) is 0.388. The fourth-order valence-corrected chi connectivity index (χ4v) is 1.07. The maximum absolute atomic E-state index is 10.8. The van der Waals surface area contributed by atoms with Crippen LogP contribution < -0.4 is 5.53 Å². The summed E-state index contributed by atoms with van der Waals surface area (Å²) in [7, 11) is 0. The Morgan fingerprint density at radius 2 is 2.33 bits per heavy atom. The third kappa shape index (κ3) is 2.82. The van der Waals surface area contributed by atoms with Gasteiger partial charge in [-0.2, -0.15) is 0 Å². The highest BCUT2D eigenvalue weighted by molar-refractivity contribution is 5.66. The molecule has 0 saturated heterocycles. The van der Waals surface area contributed by atoms with E-state index in [4.69, 9.17) is 0 Å². The minimum atomic E-state index is 0.700. The van der Waals surface area contributed by atoms with Crippen LogP contribution in [0.4, 0.5) is 0 Å². The molecule has 0 aromatic heterocycles.